The fourth-order valence-corrected chi connectivity index (χ4v) is 12.1. The number of ether oxygens (including phenoxy) is 2. The Hall–Kier alpha value is -1.59. The van der Waals surface area contributed by atoms with Crippen LogP contribution in [-0.4, -0.2) is 87.5 Å². The summed E-state index contributed by atoms with van der Waals surface area (Å²) < 4.78 is 11.3. The van der Waals surface area contributed by atoms with Crippen molar-refractivity contribution in [3.63, 3.8) is 0 Å². The van der Waals surface area contributed by atoms with Crippen LogP contribution in [0, 0.1) is 0 Å². The van der Waals surface area contributed by atoms with Crippen LogP contribution in [0.2, 0.25) is 0 Å². The standard InChI is InChI=1S/C75H143NO8/c1-3-5-7-9-11-13-15-17-19-21-23-25-27-29-31-33-35-36-38-40-42-44-46-48-50-52-54-56-58-60-62-64-69(78)68(67-83-75-74(82)73(81)72(80)70(66-77)84-75)76-71(79)65-63-61-59-57-55-53-51-49-47-45-43-41-39-37-34-32-30-28-26-24-22-20-18-16-14-12-10-8-6-4-2/h46,48,54,56,62,64,68-70,72-75,77-78,80-82H,3-45,47,49-53,55,57-61,63,65-67H2,1-2H3,(H,76,79)/b48-46+,56-54+,64-62+. The van der Waals surface area contributed by atoms with E-state index in [0.717, 1.165) is 44.9 Å². The topological polar surface area (TPSA) is 149 Å². The number of hydrogen-bond acceptors (Lipinski definition) is 8. The number of nitrogens with one attached hydrogen (secondary N) is 1. The minimum Gasteiger partial charge on any atom is -0.394 e. The number of carbonyl (C=O) groups excluding carboxylic acids is 1. The van der Waals surface area contributed by atoms with Crippen LogP contribution in [-0.2, 0) is 14.3 Å². The van der Waals surface area contributed by atoms with Crippen LogP contribution in [0.1, 0.15) is 380 Å². The summed E-state index contributed by atoms with van der Waals surface area (Å²) in [6.07, 6.45) is 80.0. The molecule has 496 valence electrons. The molecule has 1 aliphatic heterocycles. The summed E-state index contributed by atoms with van der Waals surface area (Å²) in [5.74, 6) is -0.182. The molecule has 1 saturated heterocycles. The van der Waals surface area contributed by atoms with Gasteiger partial charge >= 0.3 is 0 Å². The number of amides is 1. The number of allylic oxidation sites excluding steroid dienone is 5. The highest BCUT2D eigenvalue weighted by Gasteiger charge is 2.44. The van der Waals surface area contributed by atoms with Crippen LogP contribution in [0.4, 0.5) is 0 Å². The summed E-state index contributed by atoms with van der Waals surface area (Å²) >= 11 is 0. The van der Waals surface area contributed by atoms with E-state index in [-0.39, 0.29) is 12.5 Å². The molecule has 0 aromatic heterocycles. The summed E-state index contributed by atoms with van der Waals surface area (Å²) in [6.45, 7) is 3.82. The molecule has 1 rings (SSSR count). The lowest BCUT2D eigenvalue weighted by atomic mass is 9.99. The molecule has 84 heavy (non-hydrogen) atoms. The normalized spacial score (nSPS) is 18.3. The van der Waals surface area contributed by atoms with Crippen LogP contribution in [0.15, 0.2) is 36.5 Å². The molecular weight excluding hydrogens is 1040 g/mol. The van der Waals surface area contributed by atoms with Gasteiger partial charge in [0.25, 0.3) is 0 Å². The van der Waals surface area contributed by atoms with Gasteiger partial charge in [0.15, 0.2) is 6.29 Å². The molecule has 7 atom stereocenters. The monoisotopic (exact) mass is 1190 g/mol. The zero-order valence-electron chi connectivity index (χ0n) is 55.7. The summed E-state index contributed by atoms with van der Waals surface area (Å²) in [5.41, 5.74) is 0. The maximum atomic E-state index is 13.1. The molecule has 9 heteroatoms. The molecule has 0 spiro atoms. The minimum absolute atomic E-state index is 0.182. The maximum absolute atomic E-state index is 13.1. The van der Waals surface area contributed by atoms with Crippen molar-refractivity contribution in [3.05, 3.63) is 36.5 Å². The first-order valence-electron chi connectivity index (χ1n) is 37.2. The maximum Gasteiger partial charge on any atom is 0.220 e. The predicted octanol–water partition coefficient (Wildman–Crippen LogP) is 20.6. The fourth-order valence-electron chi connectivity index (χ4n) is 12.1. The van der Waals surface area contributed by atoms with Crippen molar-refractivity contribution in [2.24, 2.45) is 0 Å². The lowest BCUT2D eigenvalue weighted by Crippen LogP contribution is -2.60. The van der Waals surface area contributed by atoms with E-state index in [1.54, 1.807) is 6.08 Å². The smallest absolute Gasteiger partial charge is 0.220 e. The van der Waals surface area contributed by atoms with E-state index >= 15 is 0 Å². The first-order valence-corrected chi connectivity index (χ1v) is 37.2. The third-order valence-electron chi connectivity index (χ3n) is 17.9. The van der Waals surface area contributed by atoms with Crippen LogP contribution in [0.5, 0.6) is 0 Å². The molecule has 0 saturated carbocycles. The Morgan fingerprint density at radius 2 is 0.679 bits per heavy atom. The Morgan fingerprint density at radius 1 is 0.393 bits per heavy atom. The predicted molar refractivity (Wildman–Crippen MR) is 360 cm³/mol. The molecule has 6 N–H and O–H groups in total. The van der Waals surface area contributed by atoms with E-state index in [9.17, 15) is 30.3 Å². The zero-order valence-corrected chi connectivity index (χ0v) is 55.7. The van der Waals surface area contributed by atoms with Crippen molar-refractivity contribution in [3.8, 4) is 0 Å². The molecule has 0 bridgehead atoms. The Balaban J connectivity index is 2.13. The van der Waals surface area contributed by atoms with Gasteiger partial charge in [0, 0.05) is 6.42 Å². The van der Waals surface area contributed by atoms with Gasteiger partial charge in [-0.1, -0.05) is 365 Å². The molecule has 9 nitrogen and oxygen atoms in total. The van der Waals surface area contributed by atoms with Gasteiger partial charge in [-0.05, 0) is 44.9 Å². The van der Waals surface area contributed by atoms with Crippen LogP contribution < -0.4 is 5.32 Å². The van der Waals surface area contributed by atoms with Crippen LogP contribution in [0.25, 0.3) is 0 Å². The van der Waals surface area contributed by atoms with E-state index in [1.807, 2.05) is 6.08 Å². The minimum atomic E-state index is -1.58. The van der Waals surface area contributed by atoms with Crippen molar-refractivity contribution in [2.45, 2.75) is 423 Å². The number of unbranched alkanes of at least 4 members (excludes halogenated alkanes) is 52. The molecule has 0 aromatic rings. The molecule has 7 unspecified atom stereocenters. The van der Waals surface area contributed by atoms with Gasteiger partial charge in [-0.25, -0.2) is 0 Å². The number of aliphatic hydroxyl groups excluding tert-OH is 5. The molecule has 0 aromatic carbocycles. The Morgan fingerprint density at radius 3 is 1.00 bits per heavy atom. The summed E-state index contributed by atoms with van der Waals surface area (Å²) in [6, 6.07) is -0.828. The average Bonchev–Trinajstić information content (AvgIpc) is 3.70. The molecule has 1 amide bonds. The first-order chi connectivity index (χ1) is 41.3. The summed E-state index contributed by atoms with van der Waals surface area (Å²) in [4.78, 5) is 13.1. The van der Waals surface area contributed by atoms with Gasteiger partial charge in [-0.2, -0.15) is 0 Å². The summed E-state index contributed by atoms with van der Waals surface area (Å²) in [7, 11) is 0. The van der Waals surface area contributed by atoms with Crippen molar-refractivity contribution in [2.75, 3.05) is 13.2 Å². The van der Waals surface area contributed by atoms with Crippen LogP contribution >= 0.6 is 0 Å². The van der Waals surface area contributed by atoms with Gasteiger partial charge < -0.3 is 40.3 Å². The second kappa shape index (κ2) is 64.4. The van der Waals surface area contributed by atoms with E-state index in [0.29, 0.717) is 6.42 Å². The Kier molecular flexibility index (Phi) is 61.7. The largest absolute Gasteiger partial charge is 0.394 e. The van der Waals surface area contributed by atoms with Gasteiger partial charge in [-0.15, -0.1) is 0 Å². The number of rotatable bonds is 66. The third-order valence-corrected chi connectivity index (χ3v) is 17.9. The highest BCUT2D eigenvalue weighted by molar-refractivity contribution is 5.76. The average molecular weight is 1190 g/mol. The van der Waals surface area contributed by atoms with Gasteiger partial charge in [0.1, 0.15) is 24.4 Å². The molecule has 1 heterocycles. The molecule has 1 fully saturated rings. The highest BCUT2D eigenvalue weighted by Crippen LogP contribution is 2.24. The van der Waals surface area contributed by atoms with Crippen LogP contribution in [0.3, 0.4) is 0 Å². The zero-order chi connectivity index (χ0) is 60.7. The van der Waals surface area contributed by atoms with Gasteiger partial charge in [0.05, 0.1) is 25.4 Å². The number of hydrogen-bond donors (Lipinski definition) is 6. The van der Waals surface area contributed by atoms with Crippen molar-refractivity contribution < 1.29 is 39.8 Å². The van der Waals surface area contributed by atoms with E-state index in [1.165, 1.54) is 315 Å². The lowest BCUT2D eigenvalue weighted by molar-refractivity contribution is -0.302. The SMILES string of the molecule is CCCCCCCCCCCCCCCCCCCCCCC/C=C/CC/C=C/CC/C=C/C(O)C(COC1OC(CO)C(O)C(O)C1O)NC(=O)CCCCCCCCCCCCCCCCCCCCCCCCCCCCCCCC. The van der Waals surface area contributed by atoms with E-state index in [2.05, 4.69) is 43.5 Å². The second-order valence-corrected chi connectivity index (χ2v) is 26.1. The van der Waals surface area contributed by atoms with E-state index in [4.69, 9.17) is 9.47 Å². The lowest BCUT2D eigenvalue weighted by Gasteiger charge is -2.40. The fraction of sp³-hybridized carbons (Fsp3) is 0.907. The third kappa shape index (κ3) is 52.4. The molecule has 1 aliphatic rings. The van der Waals surface area contributed by atoms with Gasteiger partial charge in [0.2, 0.25) is 5.91 Å². The Bertz CT molecular complexity index is 1420. The van der Waals surface area contributed by atoms with Gasteiger partial charge in [-0.3, -0.25) is 4.79 Å². The quantitative estimate of drug-likeness (QED) is 0.0261. The molecular formula is C75H143NO8. The molecule has 0 aliphatic carbocycles. The second-order valence-electron chi connectivity index (χ2n) is 26.1. The Labute approximate surface area is 521 Å². The van der Waals surface area contributed by atoms with Crippen molar-refractivity contribution in [1.82, 2.24) is 5.32 Å². The number of carbonyl (C=O) groups is 1. The molecule has 0 radical (unpaired) electrons. The van der Waals surface area contributed by atoms with E-state index < -0.39 is 49.5 Å². The first kappa shape index (κ1) is 80.4. The summed E-state index contributed by atoms with van der Waals surface area (Å²) in [5, 5.41) is 54.8. The van der Waals surface area contributed by atoms with Crippen molar-refractivity contribution in [1.29, 1.82) is 0 Å². The highest BCUT2D eigenvalue weighted by atomic mass is 16.7. The van der Waals surface area contributed by atoms with Crippen molar-refractivity contribution >= 4 is 5.91 Å². The number of aliphatic hydroxyl groups is 5.